The minimum atomic E-state index is 0.782. The van der Waals surface area contributed by atoms with Crippen molar-refractivity contribution in [3.8, 4) is 0 Å². The first kappa shape index (κ1) is 21.5. The van der Waals surface area contributed by atoms with E-state index in [9.17, 15) is 0 Å². The lowest BCUT2D eigenvalue weighted by Gasteiger charge is -2.02. The summed E-state index contributed by atoms with van der Waals surface area (Å²) < 4.78 is 0. The van der Waals surface area contributed by atoms with Gasteiger partial charge in [0.1, 0.15) is 0 Å². The molecule has 0 bridgehead atoms. The maximum Gasteiger partial charge on any atom is 0.0314 e. The topological polar surface area (TPSA) is 104 Å². The quantitative estimate of drug-likeness (QED) is 0.266. The van der Waals surface area contributed by atoms with Gasteiger partial charge in [0.25, 0.3) is 0 Å². The van der Waals surface area contributed by atoms with Crippen LogP contribution >= 0.6 is 0 Å². The number of anilines is 4. The molecule has 0 atom stereocenters. The van der Waals surface area contributed by atoms with Crippen molar-refractivity contribution in [3.63, 3.8) is 0 Å². The average Bonchev–Trinajstić information content (AvgIpc) is 2.78. The molecule has 156 valence electrons. The molecule has 4 rings (SSSR count). The SMILES string of the molecule is Nc1ccc(C=Cc2ccc(N)cc2)cc1.Nc1ccc(Cc2ccc(N)cc2)cc1. The molecule has 0 fully saturated rings. The van der Waals surface area contributed by atoms with E-state index >= 15 is 0 Å². The maximum absolute atomic E-state index is 5.62. The van der Waals surface area contributed by atoms with Gasteiger partial charge < -0.3 is 22.9 Å². The van der Waals surface area contributed by atoms with E-state index in [1.807, 2.05) is 109 Å². The average molecular weight is 409 g/mol. The van der Waals surface area contributed by atoms with E-state index in [-0.39, 0.29) is 0 Å². The van der Waals surface area contributed by atoms with Crippen LogP contribution < -0.4 is 22.9 Å². The Hall–Kier alpha value is -4.18. The zero-order valence-electron chi connectivity index (χ0n) is 17.4. The molecule has 0 radical (unpaired) electrons. The van der Waals surface area contributed by atoms with E-state index in [4.69, 9.17) is 22.9 Å². The lowest BCUT2D eigenvalue weighted by Crippen LogP contribution is -1.90. The van der Waals surface area contributed by atoms with Crippen LogP contribution in [0.5, 0.6) is 0 Å². The molecule has 0 aromatic heterocycles. The van der Waals surface area contributed by atoms with E-state index in [0.29, 0.717) is 0 Å². The lowest BCUT2D eigenvalue weighted by atomic mass is 10.0. The van der Waals surface area contributed by atoms with Gasteiger partial charge >= 0.3 is 0 Å². The fourth-order valence-electron chi connectivity index (χ4n) is 2.91. The molecule has 31 heavy (non-hydrogen) atoms. The van der Waals surface area contributed by atoms with Crippen molar-refractivity contribution in [3.05, 3.63) is 119 Å². The molecule has 0 aliphatic carbocycles. The number of hydrogen-bond acceptors (Lipinski definition) is 4. The Morgan fingerprint density at radius 1 is 0.387 bits per heavy atom. The molecular formula is C27H28N4. The summed E-state index contributed by atoms with van der Waals surface area (Å²) >= 11 is 0. The predicted molar refractivity (Wildman–Crippen MR) is 135 cm³/mol. The summed E-state index contributed by atoms with van der Waals surface area (Å²) in [4.78, 5) is 0. The van der Waals surface area contributed by atoms with Crippen LogP contribution in [0.2, 0.25) is 0 Å². The van der Waals surface area contributed by atoms with Crippen LogP contribution in [0.3, 0.4) is 0 Å². The third kappa shape index (κ3) is 7.29. The van der Waals surface area contributed by atoms with Crippen LogP contribution in [0.25, 0.3) is 12.2 Å². The molecule has 8 N–H and O–H groups in total. The zero-order chi connectivity index (χ0) is 22.1. The van der Waals surface area contributed by atoms with Gasteiger partial charge in [0.15, 0.2) is 0 Å². The molecule has 0 aliphatic rings. The maximum atomic E-state index is 5.62. The highest BCUT2D eigenvalue weighted by Crippen LogP contribution is 2.13. The molecule has 4 heteroatoms. The van der Waals surface area contributed by atoms with Crippen molar-refractivity contribution in [2.24, 2.45) is 0 Å². The van der Waals surface area contributed by atoms with Gasteiger partial charge in [0.2, 0.25) is 0 Å². The highest BCUT2D eigenvalue weighted by Gasteiger charge is 1.96. The van der Waals surface area contributed by atoms with Crippen LogP contribution in [0, 0.1) is 0 Å². The van der Waals surface area contributed by atoms with Gasteiger partial charge in [-0.15, -0.1) is 0 Å². The molecule has 0 unspecified atom stereocenters. The van der Waals surface area contributed by atoms with Crippen LogP contribution in [-0.4, -0.2) is 0 Å². The first-order valence-corrected chi connectivity index (χ1v) is 10.1. The van der Waals surface area contributed by atoms with E-state index in [1.165, 1.54) is 11.1 Å². The second kappa shape index (κ2) is 10.6. The van der Waals surface area contributed by atoms with Gasteiger partial charge in [-0.05, 0) is 77.2 Å². The molecular weight excluding hydrogens is 380 g/mol. The molecule has 4 nitrogen and oxygen atoms in total. The van der Waals surface area contributed by atoms with Crippen molar-refractivity contribution in [2.75, 3.05) is 22.9 Å². The highest BCUT2D eigenvalue weighted by molar-refractivity contribution is 5.70. The lowest BCUT2D eigenvalue weighted by molar-refractivity contribution is 1.19. The van der Waals surface area contributed by atoms with Gasteiger partial charge in [0.05, 0.1) is 0 Å². The summed E-state index contributed by atoms with van der Waals surface area (Å²) in [5.41, 5.74) is 30.4. The van der Waals surface area contributed by atoms with E-state index < -0.39 is 0 Å². The summed E-state index contributed by atoms with van der Waals surface area (Å²) in [6, 6.07) is 31.4. The zero-order valence-corrected chi connectivity index (χ0v) is 17.4. The monoisotopic (exact) mass is 408 g/mol. The predicted octanol–water partition coefficient (Wildman–Crippen LogP) is 5.46. The number of nitrogens with two attached hydrogens (primary N) is 4. The summed E-state index contributed by atoms with van der Waals surface area (Å²) in [6.45, 7) is 0. The van der Waals surface area contributed by atoms with Gasteiger partial charge in [-0.3, -0.25) is 0 Å². The normalized spacial score (nSPS) is 10.5. The second-order valence-corrected chi connectivity index (χ2v) is 7.33. The van der Waals surface area contributed by atoms with Crippen LogP contribution in [0.15, 0.2) is 97.1 Å². The Morgan fingerprint density at radius 3 is 0.935 bits per heavy atom. The molecule has 4 aromatic rings. The second-order valence-electron chi connectivity index (χ2n) is 7.33. The standard InChI is InChI=1S/C14H14N2.C13H14N2/c15-13-7-3-11(4-8-13)1-2-12-5-9-14(16)10-6-12;14-12-5-1-10(2-6-12)9-11-3-7-13(15)8-4-11/h1-10H,15-16H2;1-8H,9,14-15H2. The Labute approximate surface area is 183 Å². The minimum absolute atomic E-state index is 0.782. The van der Waals surface area contributed by atoms with E-state index in [0.717, 1.165) is 40.3 Å². The van der Waals surface area contributed by atoms with Gasteiger partial charge in [-0.1, -0.05) is 60.7 Å². The molecule has 0 saturated heterocycles. The fourth-order valence-corrected chi connectivity index (χ4v) is 2.91. The van der Waals surface area contributed by atoms with E-state index in [1.54, 1.807) is 0 Å². The van der Waals surface area contributed by atoms with Gasteiger partial charge in [-0.25, -0.2) is 0 Å². The Kier molecular flexibility index (Phi) is 7.33. The summed E-state index contributed by atoms with van der Waals surface area (Å²) in [5, 5.41) is 0. The number of hydrogen-bond donors (Lipinski definition) is 4. The van der Waals surface area contributed by atoms with Crippen molar-refractivity contribution >= 4 is 34.9 Å². The summed E-state index contributed by atoms with van der Waals surface area (Å²) in [5.74, 6) is 0. The van der Waals surface area contributed by atoms with Crippen LogP contribution in [0.4, 0.5) is 22.7 Å². The molecule has 0 saturated carbocycles. The molecule has 0 spiro atoms. The Morgan fingerprint density at radius 2 is 0.645 bits per heavy atom. The van der Waals surface area contributed by atoms with Crippen molar-refractivity contribution in [1.29, 1.82) is 0 Å². The van der Waals surface area contributed by atoms with E-state index in [2.05, 4.69) is 0 Å². The smallest absolute Gasteiger partial charge is 0.0314 e. The first-order chi connectivity index (χ1) is 15.0. The molecule has 0 aliphatic heterocycles. The van der Waals surface area contributed by atoms with Crippen molar-refractivity contribution in [2.45, 2.75) is 6.42 Å². The Bertz CT molecular complexity index is 1010. The van der Waals surface area contributed by atoms with Crippen molar-refractivity contribution < 1.29 is 0 Å². The highest BCUT2D eigenvalue weighted by atomic mass is 14.5. The summed E-state index contributed by atoms with van der Waals surface area (Å²) in [7, 11) is 0. The Balaban J connectivity index is 0.000000176. The number of rotatable bonds is 4. The molecule has 0 heterocycles. The van der Waals surface area contributed by atoms with Gasteiger partial charge in [0, 0.05) is 22.7 Å². The number of nitrogen functional groups attached to an aromatic ring is 4. The van der Waals surface area contributed by atoms with Crippen LogP contribution in [0.1, 0.15) is 22.3 Å². The number of benzene rings is 4. The third-order valence-electron chi connectivity index (χ3n) is 4.71. The minimum Gasteiger partial charge on any atom is -0.399 e. The summed E-state index contributed by atoms with van der Waals surface area (Å²) in [6.07, 6.45) is 5.01. The first-order valence-electron chi connectivity index (χ1n) is 10.1. The largest absolute Gasteiger partial charge is 0.399 e. The molecule has 0 amide bonds. The van der Waals surface area contributed by atoms with Crippen LogP contribution in [-0.2, 0) is 6.42 Å². The van der Waals surface area contributed by atoms with Gasteiger partial charge in [-0.2, -0.15) is 0 Å². The third-order valence-corrected chi connectivity index (χ3v) is 4.71. The van der Waals surface area contributed by atoms with Crippen molar-refractivity contribution in [1.82, 2.24) is 0 Å². The molecule has 4 aromatic carbocycles. The fraction of sp³-hybridized carbons (Fsp3) is 0.0370.